The van der Waals surface area contributed by atoms with Gasteiger partial charge in [-0.3, -0.25) is 0 Å². The summed E-state index contributed by atoms with van der Waals surface area (Å²) < 4.78 is 4.72. The molecule has 1 aromatic heterocycles. The van der Waals surface area contributed by atoms with E-state index in [1.165, 1.54) is 19.4 Å². The predicted molar refractivity (Wildman–Crippen MR) is 76.0 cm³/mol. The van der Waals surface area contributed by atoms with E-state index in [0.29, 0.717) is 21.2 Å². The van der Waals surface area contributed by atoms with Gasteiger partial charge in [0.1, 0.15) is 5.15 Å². The molecule has 1 aromatic carbocycles. The summed E-state index contributed by atoms with van der Waals surface area (Å²) in [7, 11) is 1.29. The highest BCUT2D eigenvalue weighted by Gasteiger charge is 2.19. The van der Waals surface area contributed by atoms with Crippen LogP contribution in [0.2, 0.25) is 15.2 Å². The Kier molecular flexibility index (Phi) is 4.30. The third kappa shape index (κ3) is 2.68. The second kappa shape index (κ2) is 5.78. The van der Waals surface area contributed by atoms with Crippen LogP contribution < -0.4 is 0 Å². The van der Waals surface area contributed by atoms with Crippen LogP contribution in [0, 0.1) is 0 Å². The van der Waals surface area contributed by atoms with Crippen LogP contribution in [0.4, 0.5) is 0 Å². The Morgan fingerprint density at radius 3 is 2.63 bits per heavy atom. The van der Waals surface area contributed by atoms with Gasteiger partial charge in [-0.1, -0.05) is 46.9 Å². The molecule has 0 aliphatic carbocycles. The van der Waals surface area contributed by atoms with Crippen molar-refractivity contribution in [3.63, 3.8) is 0 Å². The number of aromatic nitrogens is 1. The van der Waals surface area contributed by atoms with Crippen molar-refractivity contribution in [3.8, 4) is 11.1 Å². The van der Waals surface area contributed by atoms with E-state index < -0.39 is 5.97 Å². The van der Waals surface area contributed by atoms with E-state index in [-0.39, 0.29) is 10.7 Å². The summed E-state index contributed by atoms with van der Waals surface area (Å²) in [5.41, 5.74) is 1.22. The van der Waals surface area contributed by atoms with Gasteiger partial charge in [-0.25, -0.2) is 9.78 Å². The number of carbonyl (C=O) groups excluding carboxylic acids is 1. The lowest BCUT2D eigenvalue weighted by molar-refractivity contribution is 0.0601. The lowest BCUT2D eigenvalue weighted by atomic mass is 10.0. The van der Waals surface area contributed by atoms with E-state index in [2.05, 4.69) is 4.98 Å². The lowest BCUT2D eigenvalue weighted by Crippen LogP contribution is -2.05. The Bertz CT molecular complexity index is 644. The molecule has 3 nitrogen and oxygen atoms in total. The zero-order valence-electron chi connectivity index (χ0n) is 9.78. The molecular weight excluding hydrogens is 309 g/mol. The number of methoxy groups -OCH3 is 1. The third-order valence-corrected chi connectivity index (χ3v) is 3.64. The minimum atomic E-state index is -0.518. The highest BCUT2D eigenvalue weighted by Crippen LogP contribution is 2.38. The molecule has 0 fully saturated rings. The average molecular weight is 317 g/mol. The second-order valence-electron chi connectivity index (χ2n) is 3.62. The molecule has 0 N–H and O–H groups in total. The second-order valence-corrected chi connectivity index (χ2v) is 4.76. The number of hydrogen-bond acceptors (Lipinski definition) is 3. The molecule has 19 heavy (non-hydrogen) atoms. The Morgan fingerprint density at radius 1 is 1.21 bits per heavy atom. The molecule has 0 aliphatic rings. The molecule has 0 aliphatic heterocycles. The maximum Gasteiger partial charge on any atom is 0.338 e. The summed E-state index contributed by atoms with van der Waals surface area (Å²) in [6.45, 7) is 0. The molecule has 98 valence electrons. The van der Waals surface area contributed by atoms with Gasteiger partial charge in [0.2, 0.25) is 0 Å². The maximum absolute atomic E-state index is 11.8. The topological polar surface area (TPSA) is 39.2 Å². The molecule has 0 saturated carbocycles. The summed E-state index contributed by atoms with van der Waals surface area (Å²) in [6, 6.07) is 6.59. The minimum absolute atomic E-state index is 0.159. The molecule has 0 bridgehead atoms. The molecule has 0 amide bonds. The van der Waals surface area contributed by atoms with Gasteiger partial charge in [-0.15, -0.1) is 0 Å². The van der Waals surface area contributed by atoms with Crippen LogP contribution >= 0.6 is 34.8 Å². The molecule has 0 radical (unpaired) electrons. The number of hydrogen-bond donors (Lipinski definition) is 0. The first-order valence-electron chi connectivity index (χ1n) is 5.23. The summed E-state index contributed by atoms with van der Waals surface area (Å²) >= 11 is 18.2. The van der Waals surface area contributed by atoms with Gasteiger partial charge in [0, 0.05) is 17.3 Å². The smallest absolute Gasteiger partial charge is 0.338 e. The van der Waals surface area contributed by atoms with Crippen LogP contribution in [0.3, 0.4) is 0 Å². The monoisotopic (exact) mass is 315 g/mol. The van der Waals surface area contributed by atoms with E-state index >= 15 is 0 Å². The number of nitrogens with zero attached hydrogens (tertiary/aromatic N) is 1. The number of pyridine rings is 1. The highest BCUT2D eigenvalue weighted by molar-refractivity contribution is 6.44. The number of halogens is 3. The zero-order chi connectivity index (χ0) is 14.0. The summed E-state index contributed by atoms with van der Waals surface area (Å²) in [6.07, 6.45) is 1.43. The van der Waals surface area contributed by atoms with E-state index in [9.17, 15) is 4.79 Å². The van der Waals surface area contributed by atoms with Gasteiger partial charge in [-0.2, -0.15) is 0 Å². The SMILES string of the molecule is COC(=O)c1ccnc(Cl)c1-c1cccc(Cl)c1Cl. The van der Waals surface area contributed by atoms with Crippen LogP contribution in [0.1, 0.15) is 10.4 Å². The fourth-order valence-corrected chi connectivity index (χ4v) is 2.32. The fourth-order valence-electron chi connectivity index (χ4n) is 1.67. The van der Waals surface area contributed by atoms with Crippen LogP contribution in [0.25, 0.3) is 11.1 Å². The Labute approximate surface area is 125 Å². The highest BCUT2D eigenvalue weighted by atomic mass is 35.5. The van der Waals surface area contributed by atoms with Crippen molar-refractivity contribution in [2.75, 3.05) is 7.11 Å². The first-order valence-corrected chi connectivity index (χ1v) is 6.37. The van der Waals surface area contributed by atoms with Gasteiger partial charge >= 0.3 is 5.97 Å². The zero-order valence-corrected chi connectivity index (χ0v) is 12.1. The van der Waals surface area contributed by atoms with E-state index in [1.807, 2.05) is 0 Å². The molecule has 6 heteroatoms. The van der Waals surface area contributed by atoms with Crippen molar-refractivity contribution in [1.29, 1.82) is 0 Å². The molecule has 0 spiro atoms. The molecule has 2 rings (SSSR count). The van der Waals surface area contributed by atoms with Gasteiger partial charge in [0.15, 0.2) is 0 Å². The van der Waals surface area contributed by atoms with Gasteiger partial charge in [0.25, 0.3) is 0 Å². The van der Waals surface area contributed by atoms with Crippen molar-refractivity contribution in [2.24, 2.45) is 0 Å². The standard InChI is InChI=1S/C13H8Cl3NO2/c1-19-13(18)8-5-6-17-12(16)10(8)7-3-2-4-9(14)11(7)15/h2-6H,1H3. The van der Waals surface area contributed by atoms with Crippen LogP contribution in [-0.2, 0) is 4.74 Å². The van der Waals surface area contributed by atoms with E-state index in [4.69, 9.17) is 39.5 Å². The van der Waals surface area contributed by atoms with E-state index in [0.717, 1.165) is 0 Å². The Morgan fingerprint density at radius 2 is 1.95 bits per heavy atom. The Balaban J connectivity index is 2.74. The van der Waals surface area contributed by atoms with E-state index in [1.54, 1.807) is 18.2 Å². The minimum Gasteiger partial charge on any atom is -0.465 e. The lowest BCUT2D eigenvalue weighted by Gasteiger charge is -2.11. The third-order valence-electron chi connectivity index (χ3n) is 2.53. The first kappa shape index (κ1) is 14.1. The number of esters is 1. The van der Waals surface area contributed by atoms with Gasteiger partial charge in [-0.05, 0) is 12.1 Å². The number of benzene rings is 1. The van der Waals surface area contributed by atoms with Crippen LogP contribution in [-0.4, -0.2) is 18.1 Å². The molecule has 1 heterocycles. The van der Waals surface area contributed by atoms with Gasteiger partial charge < -0.3 is 4.74 Å². The average Bonchev–Trinajstić information content (AvgIpc) is 2.41. The molecule has 0 unspecified atom stereocenters. The molecule has 2 aromatic rings. The molecular formula is C13H8Cl3NO2. The molecule has 0 atom stereocenters. The van der Waals surface area contributed by atoms with Crippen LogP contribution in [0.5, 0.6) is 0 Å². The van der Waals surface area contributed by atoms with Gasteiger partial charge in [0.05, 0.1) is 22.7 Å². The van der Waals surface area contributed by atoms with Crippen LogP contribution in [0.15, 0.2) is 30.5 Å². The predicted octanol–water partition coefficient (Wildman–Crippen LogP) is 4.50. The van der Waals surface area contributed by atoms with Crippen molar-refractivity contribution in [2.45, 2.75) is 0 Å². The van der Waals surface area contributed by atoms with Crippen molar-refractivity contribution in [3.05, 3.63) is 51.2 Å². The summed E-state index contributed by atoms with van der Waals surface area (Å²) in [5, 5.41) is 0.839. The van der Waals surface area contributed by atoms with Crippen molar-refractivity contribution >= 4 is 40.8 Å². The number of ether oxygens (including phenoxy) is 1. The fraction of sp³-hybridized carbons (Fsp3) is 0.0769. The largest absolute Gasteiger partial charge is 0.465 e. The number of carbonyl (C=O) groups is 1. The normalized spacial score (nSPS) is 10.3. The van der Waals surface area contributed by atoms with Crippen molar-refractivity contribution in [1.82, 2.24) is 4.98 Å². The first-order chi connectivity index (χ1) is 9.06. The summed E-state index contributed by atoms with van der Waals surface area (Å²) in [4.78, 5) is 15.7. The quantitative estimate of drug-likeness (QED) is 0.605. The molecule has 0 saturated heterocycles. The summed E-state index contributed by atoms with van der Waals surface area (Å²) in [5.74, 6) is -0.518. The van der Waals surface area contributed by atoms with Crippen molar-refractivity contribution < 1.29 is 9.53 Å². The Hall–Kier alpha value is -1.29. The maximum atomic E-state index is 11.8. The number of rotatable bonds is 2.